The number of carbonyl (C=O) groups excluding carboxylic acids is 2. The van der Waals surface area contributed by atoms with Crippen molar-refractivity contribution < 1.29 is 9.59 Å². The van der Waals surface area contributed by atoms with Gasteiger partial charge in [0.1, 0.15) is 0 Å². The number of hydrogen-bond acceptors (Lipinski definition) is 4. The van der Waals surface area contributed by atoms with Gasteiger partial charge in [-0.2, -0.15) is 11.8 Å². The van der Waals surface area contributed by atoms with Crippen molar-refractivity contribution in [3.05, 3.63) is 29.8 Å². The molecule has 2 rings (SSSR count). The van der Waals surface area contributed by atoms with Crippen molar-refractivity contribution in [1.29, 1.82) is 0 Å². The van der Waals surface area contributed by atoms with Gasteiger partial charge in [0.25, 0.3) is 0 Å². The van der Waals surface area contributed by atoms with Crippen LogP contribution < -0.4 is 21.7 Å². The van der Waals surface area contributed by atoms with Gasteiger partial charge in [-0.1, -0.05) is 12.1 Å². The standard InChI is InChI=1S/C15H22N4O2S.ClH/c1-10(11-2-4-12(5-3-11)19-15(16)21)18-14(20)8-13-9-22-7-6-17-13;/h2-5,10,13,17H,6-9H2,1H3,(H,18,20)(H3,16,19,21);1H. The molecule has 128 valence electrons. The van der Waals surface area contributed by atoms with Crippen LogP contribution in [-0.2, 0) is 4.79 Å². The first-order chi connectivity index (χ1) is 10.5. The second-order valence-electron chi connectivity index (χ2n) is 5.33. The highest BCUT2D eigenvalue weighted by Crippen LogP contribution is 2.17. The first kappa shape index (κ1) is 19.6. The number of anilines is 1. The first-order valence-corrected chi connectivity index (χ1v) is 8.47. The maximum absolute atomic E-state index is 12.1. The van der Waals surface area contributed by atoms with Crippen molar-refractivity contribution in [2.24, 2.45) is 5.73 Å². The van der Waals surface area contributed by atoms with E-state index < -0.39 is 6.03 Å². The molecule has 1 aliphatic heterocycles. The minimum Gasteiger partial charge on any atom is -0.351 e. The number of carbonyl (C=O) groups is 2. The number of nitrogens with one attached hydrogen (secondary N) is 3. The van der Waals surface area contributed by atoms with Gasteiger partial charge in [0.2, 0.25) is 5.91 Å². The van der Waals surface area contributed by atoms with Gasteiger partial charge < -0.3 is 21.7 Å². The second kappa shape index (κ2) is 9.64. The molecule has 1 heterocycles. The molecule has 0 radical (unpaired) electrons. The number of primary amides is 1. The quantitative estimate of drug-likeness (QED) is 0.646. The Kier molecular flexibility index (Phi) is 8.22. The summed E-state index contributed by atoms with van der Waals surface area (Å²) in [6.07, 6.45) is 0.499. The lowest BCUT2D eigenvalue weighted by Gasteiger charge is -2.23. The van der Waals surface area contributed by atoms with Crippen LogP contribution in [0.4, 0.5) is 10.5 Å². The number of benzene rings is 1. The first-order valence-electron chi connectivity index (χ1n) is 7.31. The van der Waals surface area contributed by atoms with E-state index in [1.54, 1.807) is 12.1 Å². The van der Waals surface area contributed by atoms with E-state index in [0.717, 1.165) is 23.6 Å². The molecular weight excluding hydrogens is 336 g/mol. The van der Waals surface area contributed by atoms with Gasteiger partial charge in [-0.15, -0.1) is 12.4 Å². The fraction of sp³-hybridized carbons (Fsp3) is 0.467. The van der Waals surface area contributed by atoms with Crippen LogP contribution in [0, 0.1) is 0 Å². The van der Waals surface area contributed by atoms with Gasteiger partial charge in [-0.25, -0.2) is 4.79 Å². The number of nitrogens with two attached hydrogens (primary N) is 1. The third-order valence-electron chi connectivity index (χ3n) is 3.49. The molecule has 1 fully saturated rings. The lowest BCUT2D eigenvalue weighted by Crippen LogP contribution is -2.41. The molecule has 1 aromatic rings. The number of rotatable bonds is 5. The second-order valence-corrected chi connectivity index (χ2v) is 6.48. The number of hydrogen-bond donors (Lipinski definition) is 4. The summed E-state index contributed by atoms with van der Waals surface area (Å²) in [5, 5.41) is 8.87. The largest absolute Gasteiger partial charge is 0.351 e. The monoisotopic (exact) mass is 358 g/mol. The van der Waals surface area contributed by atoms with Crippen molar-refractivity contribution in [3.63, 3.8) is 0 Å². The lowest BCUT2D eigenvalue weighted by molar-refractivity contribution is -0.122. The van der Waals surface area contributed by atoms with Gasteiger partial charge in [-0.3, -0.25) is 4.79 Å². The Morgan fingerprint density at radius 2 is 2.09 bits per heavy atom. The molecule has 0 bridgehead atoms. The maximum Gasteiger partial charge on any atom is 0.316 e. The molecule has 23 heavy (non-hydrogen) atoms. The molecule has 8 heteroatoms. The van der Waals surface area contributed by atoms with Gasteiger partial charge in [-0.05, 0) is 24.6 Å². The fourth-order valence-electron chi connectivity index (χ4n) is 2.36. The molecule has 2 atom stereocenters. The Morgan fingerprint density at radius 3 is 2.65 bits per heavy atom. The summed E-state index contributed by atoms with van der Waals surface area (Å²) in [5.41, 5.74) is 6.68. The van der Waals surface area contributed by atoms with E-state index in [1.165, 1.54) is 0 Å². The SMILES string of the molecule is CC(NC(=O)CC1CSCCN1)c1ccc(NC(N)=O)cc1.Cl. The predicted octanol–water partition coefficient (Wildman–Crippen LogP) is 1.87. The molecule has 0 aromatic heterocycles. The minimum absolute atomic E-state index is 0. The van der Waals surface area contributed by atoms with Gasteiger partial charge in [0, 0.05) is 36.2 Å². The minimum atomic E-state index is -0.591. The lowest BCUT2D eigenvalue weighted by atomic mass is 10.1. The Balaban J connectivity index is 0.00000264. The van der Waals surface area contributed by atoms with Crippen LogP contribution in [0.15, 0.2) is 24.3 Å². The van der Waals surface area contributed by atoms with Crippen LogP contribution in [0.2, 0.25) is 0 Å². The van der Waals surface area contributed by atoms with E-state index in [2.05, 4.69) is 16.0 Å². The van der Waals surface area contributed by atoms with Crippen LogP contribution in [0.25, 0.3) is 0 Å². The summed E-state index contributed by atoms with van der Waals surface area (Å²) in [6.45, 7) is 2.91. The van der Waals surface area contributed by atoms with Gasteiger partial charge >= 0.3 is 6.03 Å². The molecule has 2 unspecified atom stereocenters. The number of thioether (sulfide) groups is 1. The van der Waals surface area contributed by atoms with E-state index in [4.69, 9.17) is 5.73 Å². The molecule has 6 nitrogen and oxygen atoms in total. The summed E-state index contributed by atoms with van der Waals surface area (Å²) < 4.78 is 0. The van der Waals surface area contributed by atoms with Crippen LogP contribution in [0.1, 0.15) is 24.9 Å². The average molecular weight is 359 g/mol. The van der Waals surface area contributed by atoms with Crippen molar-refractivity contribution in [3.8, 4) is 0 Å². The molecule has 0 spiro atoms. The third-order valence-corrected chi connectivity index (χ3v) is 4.62. The van der Waals surface area contributed by atoms with Crippen LogP contribution >= 0.6 is 24.2 Å². The van der Waals surface area contributed by atoms with Crippen molar-refractivity contribution >= 4 is 41.8 Å². The number of halogens is 1. The molecule has 3 amide bonds. The summed E-state index contributed by atoms with van der Waals surface area (Å²) in [6, 6.07) is 6.85. The summed E-state index contributed by atoms with van der Waals surface area (Å²) in [7, 11) is 0. The third kappa shape index (κ3) is 6.68. The van der Waals surface area contributed by atoms with Crippen LogP contribution in [-0.4, -0.2) is 36.0 Å². The van der Waals surface area contributed by atoms with E-state index in [9.17, 15) is 9.59 Å². The highest BCUT2D eigenvalue weighted by molar-refractivity contribution is 7.99. The average Bonchev–Trinajstić information content (AvgIpc) is 2.48. The fourth-order valence-corrected chi connectivity index (χ4v) is 3.30. The van der Waals surface area contributed by atoms with E-state index in [-0.39, 0.29) is 30.4 Å². The Labute approximate surface area is 146 Å². The van der Waals surface area contributed by atoms with Gasteiger partial charge in [0.05, 0.1) is 6.04 Å². The zero-order chi connectivity index (χ0) is 15.9. The van der Waals surface area contributed by atoms with Crippen LogP contribution in [0.3, 0.4) is 0 Å². The topological polar surface area (TPSA) is 96.2 Å². The molecule has 0 aliphatic carbocycles. The Morgan fingerprint density at radius 1 is 1.39 bits per heavy atom. The highest BCUT2D eigenvalue weighted by Gasteiger charge is 2.18. The Bertz CT molecular complexity index is 521. The number of urea groups is 1. The molecule has 1 aromatic carbocycles. The normalized spacial score (nSPS) is 18.4. The summed E-state index contributed by atoms with van der Waals surface area (Å²) >= 11 is 1.88. The van der Waals surface area contributed by atoms with E-state index >= 15 is 0 Å². The number of amides is 3. The van der Waals surface area contributed by atoms with E-state index in [0.29, 0.717) is 12.1 Å². The molecule has 5 N–H and O–H groups in total. The smallest absolute Gasteiger partial charge is 0.316 e. The molecule has 0 saturated carbocycles. The maximum atomic E-state index is 12.1. The summed E-state index contributed by atoms with van der Waals surface area (Å²) in [5.74, 6) is 2.14. The Hall–Kier alpha value is -1.44. The van der Waals surface area contributed by atoms with Gasteiger partial charge in [0.15, 0.2) is 0 Å². The van der Waals surface area contributed by atoms with Crippen molar-refractivity contribution in [1.82, 2.24) is 10.6 Å². The zero-order valence-corrected chi connectivity index (χ0v) is 14.6. The molecular formula is C15H23ClN4O2S. The molecule has 1 aliphatic rings. The van der Waals surface area contributed by atoms with E-state index in [1.807, 2.05) is 30.8 Å². The predicted molar refractivity (Wildman–Crippen MR) is 97.2 cm³/mol. The van der Waals surface area contributed by atoms with Crippen molar-refractivity contribution in [2.45, 2.75) is 25.4 Å². The highest BCUT2D eigenvalue weighted by atomic mass is 35.5. The van der Waals surface area contributed by atoms with Crippen molar-refractivity contribution in [2.75, 3.05) is 23.4 Å². The molecule has 1 saturated heterocycles. The zero-order valence-electron chi connectivity index (χ0n) is 13.0. The van der Waals surface area contributed by atoms with Crippen LogP contribution in [0.5, 0.6) is 0 Å². The summed E-state index contributed by atoms with van der Waals surface area (Å²) in [4.78, 5) is 22.8.